The lowest BCUT2D eigenvalue weighted by atomic mass is 10.2. The van der Waals surface area contributed by atoms with Gasteiger partial charge in [0.2, 0.25) is 5.95 Å². The maximum atomic E-state index is 3.92. The lowest BCUT2D eigenvalue weighted by Crippen LogP contribution is -2.09. The highest BCUT2D eigenvalue weighted by Crippen LogP contribution is 2.05. The normalized spacial score (nSPS) is 9.56. The Kier molecular flexibility index (Phi) is 4.72. The van der Waals surface area contributed by atoms with Gasteiger partial charge in [0.1, 0.15) is 0 Å². The van der Waals surface area contributed by atoms with E-state index < -0.39 is 0 Å². The predicted molar refractivity (Wildman–Crippen MR) is 64.8 cm³/mol. The fraction of sp³-hybridized carbons (Fsp3) is 0.300. The number of anilines is 1. The lowest BCUT2D eigenvalue weighted by Gasteiger charge is -2.04. The van der Waals surface area contributed by atoms with Gasteiger partial charge in [-0.2, -0.15) is 0 Å². The average molecular weight is 240 g/mol. The molecule has 0 aliphatic carbocycles. The summed E-state index contributed by atoms with van der Waals surface area (Å²) in [5.41, 5.74) is 1.18. The molecule has 0 unspecified atom stereocenters. The van der Waals surface area contributed by atoms with Crippen molar-refractivity contribution in [1.82, 2.24) is 20.2 Å². The molecule has 0 fully saturated rings. The van der Waals surface area contributed by atoms with Gasteiger partial charge in [-0.15, -0.1) is 12.4 Å². The van der Waals surface area contributed by atoms with Gasteiger partial charge < -0.3 is 5.32 Å². The van der Waals surface area contributed by atoms with Gasteiger partial charge in [0, 0.05) is 6.54 Å². The highest BCUT2D eigenvalue weighted by atomic mass is 35.5. The van der Waals surface area contributed by atoms with Crippen molar-refractivity contribution in [3.05, 3.63) is 35.9 Å². The minimum absolute atomic E-state index is 0. The van der Waals surface area contributed by atoms with Crippen LogP contribution in [-0.2, 0) is 6.54 Å². The number of nitrogens with one attached hydrogen (secondary N) is 1. The van der Waals surface area contributed by atoms with Gasteiger partial charge in [0.15, 0.2) is 0 Å². The molecule has 0 amide bonds. The summed E-state index contributed by atoms with van der Waals surface area (Å²) in [6.07, 6.45) is 0. The van der Waals surface area contributed by atoms with Gasteiger partial charge in [-0.3, -0.25) is 0 Å². The Morgan fingerprint density at radius 2 is 2.00 bits per heavy atom. The molecule has 0 saturated carbocycles. The fourth-order valence-corrected chi connectivity index (χ4v) is 1.35. The fourth-order valence-electron chi connectivity index (χ4n) is 1.35. The summed E-state index contributed by atoms with van der Waals surface area (Å²) in [7, 11) is 0. The molecule has 2 rings (SSSR count). The second-order valence-electron chi connectivity index (χ2n) is 3.18. The van der Waals surface area contributed by atoms with Crippen molar-refractivity contribution in [2.75, 3.05) is 11.9 Å². The summed E-state index contributed by atoms with van der Waals surface area (Å²) in [6, 6.07) is 10.1. The van der Waals surface area contributed by atoms with E-state index in [2.05, 4.69) is 33.0 Å². The van der Waals surface area contributed by atoms with E-state index in [4.69, 9.17) is 0 Å². The topological polar surface area (TPSA) is 55.6 Å². The van der Waals surface area contributed by atoms with Gasteiger partial charge in [-0.05, 0) is 22.9 Å². The number of hydrogen-bond donors (Lipinski definition) is 1. The molecule has 16 heavy (non-hydrogen) atoms. The van der Waals surface area contributed by atoms with Crippen LogP contribution < -0.4 is 5.32 Å². The maximum Gasteiger partial charge on any atom is 0.243 e. The van der Waals surface area contributed by atoms with Crippen molar-refractivity contribution >= 4 is 18.4 Å². The zero-order valence-electron chi connectivity index (χ0n) is 9.00. The van der Waals surface area contributed by atoms with E-state index >= 15 is 0 Å². The first kappa shape index (κ1) is 12.4. The molecule has 0 aliphatic heterocycles. The van der Waals surface area contributed by atoms with Crippen LogP contribution in [-0.4, -0.2) is 26.8 Å². The van der Waals surface area contributed by atoms with Crippen molar-refractivity contribution < 1.29 is 0 Å². The van der Waals surface area contributed by atoms with E-state index in [1.54, 1.807) is 4.68 Å². The number of hydrogen-bond acceptors (Lipinski definition) is 4. The second-order valence-corrected chi connectivity index (χ2v) is 3.18. The van der Waals surface area contributed by atoms with Gasteiger partial charge >= 0.3 is 0 Å². The molecule has 6 heteroatoms. The molecular formula is C10H14ClN5. The quantitative estimate of drug-likeness (QED) is 0.880. The largest absolute Gasteiger partial charge is 0.353 e. The summed E-state index contributed by atoms with van der Waals surface area (Å²) in [5.74, 6) is 0.710. The van der Waals surface area contributed by atoms with E-state index in [0.29, 0.717) is 12.5 Å². The summed E-state index contributed by atoms with van der Waals surface area (Å²) in [6.45, 7) is 3.52. The van der Waals surface area contributed by atoms with Crippen LogP contribution in [0.5, 0.6) is 0 Å². The van der Waals surface area contributed by atoms with Crippen molar-refractivity contribution in [2.24, 2.45) is 0 Å². The van der Waals surface area contributed by atoms with E-state index in [1.807, 2.05) is 25.1 Å². The first-order valence-electron chi connectivity index (χ1n) is 4.94. The zero-order valence-corrected chi connectivity index (χ0v) is 9.81. The van der Waals surface area contributed by atoms with Crippen LogP contribution in [0.3, 0.4) is 0 Å². The molecule has 0 spiro atoms. The van der Waals surface area contributed by atoms with Gasteiger partial charge in [0.25, 0.3) is 0 Å². The molecule has 0 radical (unpaired) electrons. The van der Waals surface area contributed by atoms with E-state index in [9.17, 15) is 0 Å². The van der Waals surface area contributed by atoms with Crippen LogP contribution in [0.1, 0.15) is 12.5 Å². The first-order chi connectivity index (χ1) is 7.40. The van der Waals surface area contributed by atoms with Crippen LogP contribution >= 0.6 is 12.4 Å². The highest BCUT2D eigenvalue weighted by molar-refractivity contribution is 5.85. The molecule has 1 heterocycles. The number of aromatic nitrogens is 4. The Bertz CT molecular complexity index is 414. The Labute approximate surface area is 100 Å². The van der Waals surface area contributed by atoms with Crippen LogP contribution in [0.25, 0.3) is 0 Å². The van der Waals surface area contributed by atoms with E-state index in [1.165, 1.54) is 5.56 Å². The zero-order chi connectivity index (χ0) is 10.5. The summed E-state index contributed by atoms with van der Waals surface area (Å²) >= 11 is 0. The van der Waals surface area contributed by atoms with Crippen LogP contribution in [0, 0.1) is 0 Å². The molecule has 1 aromatic carbocycles. The molecule has 0 atom stereocenters. The molecule has 5 nitrogen and oxygen atoms in total. The average Bonchev–Trinajstić information content (AvgIpc) is 2.68. The predicted octanol–water partition coefficient (Wildman–Crippen LogP) is 1.57. The van der Waals surface area contributed by atoms with Crippen molar-refractivity contribution in [3.63, 3.8) is 0 Å². The number of rotatable bonds is 4. The summed E-state index contributed by atoms with van der Waals surface area (Å²) < 4.78 is 1.75. The first-order valence-corrected chi connectivity index (χ1v) is 4.94. The molecular weight excluding hydrogens is 226 g/mol. The summed E-state index contributed by atoms with van der Waals surface area (Å²) in [5, 5.41) is 14.6. The third-order valence-corrected chi connectivity index (χ3v) is 2.04. The van der Waals surface area contributed by atoms with Crippen LogP contribution in [0.4, 0.5) is 5.95 Å². The Balaban J connectivity index is 0.00000128. The van der Waals surface area contributed by atoms with Gasteiger partial charge in [-0.25, -0.2) is 4.68 Å². The van der Waals surface area contributed by atoms with Crippen molar-refractivity contribution in [1.29, 1.82) is 0 Å². The third kappa shape index (κ3) is 2.93. The van der Waals surface area contributed by atoms with Crippen LogP contribution in [0.2, 0.25) is 0 Å². The second kappa shape index (κ2) is 6.07. The van der Waals surface area contributed by atoms with Gasteiger partial charge in [0.05, 0.1) is 6.54 Å². The molecule has 2 aromatic rings. The Hall–Kier alpha value is -1.62. The Morgan fingerprint density at radius 3 is 2.69 bits per heavy atom. The maximum absolute atomic E-state index is 3.92. The third-order valence-electron chi connectivity index (χ3n) is 2.04. The molecule has 86 valence electrons. The van der Waals surface area contributed by atoms with Crippen molar-refractivity contribution in [2.45, 2.75) is 13.5 Å². The minimum atomic E-state index is 0. The summed E-state index contributed by atoms with van der Waals surface area (Å²) in [4.78, 5) is 0. The Morgan fingerprint density at radius 1 is 1.25 bits per heavy atom. The number of benzene rings is 1. The van der Waals surface area contributed by atoms with Gasteiger partial charge in [-0.1, -0.05) is 35.4 Å². The molecule has 0 bridgehead atoms. The molecule has 0 aliphatic rings. The smallest absolute Gasteiger partial charge is 0.243 e. The monoisotopic (exact) mass is 239 g/mol. The SMILES string of the molecule is CCNc1nnnn1Cc1ccccc1.Cl. The molecule has 1 N–H and O–H groups in total. The van der Waals surface area contributed by atoms with Crippen molar-refractivity contribution in [3.8, 4) is 0 Å². The molecule has 1 aromatic heterocycles. The minimum Gasteiger partial charge on any atom is -0.353 e. The number of nitrogens with zero attached hydrogens (tertiary/aromatic N) is 4. The van der Waals surface area contributed by atoms with Crippen LogP contribution in [0.15, 0.2) is 30.3 Å². The number of halogens is 1. The lowest BCUT2D eigenvalue weighted by molar-refractivity contribution is 0.652. The van der Waals surface area contributed by atoms with E-state index in [0.717, 1.165) is 6.54 Å². The van der Waals surface area contributed by atoms with E-state index in [-0.39, 0.29) is 12.4 Å². The highest BCUT2D eigenvalue weighted by Gasteiger charge is 2.03. The molecule has 0 saturated heterocycles. The standard InChI is InChI=1S/C10H13N5.ClH/c1-2-11-10-12-13-14-15(10)8-9-6-4-3-5-7-9;/h3-7H,2,8H2,1H3,(H,11,12,14);1H. The number of tetrazole rings is 1.